The predicted molar refractivity (Wildman–Crippen MR) is 169 cm³/mol. The van der Waals surface area contributed by atoms with Gasteiger partial charge in [0.1, 0.15) is 27.6 Å². The maximum absolute atomic E-state index is 15.5. The first-order chi connectivity index (χ1) is 21.0. The number of benzene rings is 1. The lowest BCUT2D eigenvalue weighted by Gasteiger charge is -2.44. The van der Waals surface area contributed by atoms with Crippen LogP contribution in [0.2, 0.25) is 0 Å². The van der Waals surface area contributed by atoms with Crippen LogP contribution in [-0.2, 0) is 22.3 Å². The van der Waals surface area contributed by atoms with Crippen molar-refractivity contribution < 1.29 is 17.2 Å². The molecule has 6 heterocycles. The molecule has 0 saturated carbocycles. The molecule has 4 aliphatic rings. The molecular weight excluding hydrogens is 584 g/mol. The fourth-order valence-electron chi connectivity index (χ4n) is 7.17. The van der Waals surface area contributed by atoms with Gasteiger partial charge in [0.15, 0.2) is 0 Å². The minimum atomic E-state index is -3.09. The van der Waals surface area contributed by atoms with E-state index in [1.807, 2.05) is 19.1 Å². The van der Waals surface area contributed by atoms with Gasteiger partial charge in [0.2, 0.25) is 0 Å². The molecule has 0 aliphatic carbocycles. The molecule has 2 fully saturated rings. The average Bonchev–Trinajstić information content (AvgIpc) is 2.97. The normalized spacial score (nSPS) is 28.0. The quantitative estimate of drug-likeness (QED) is 0.352. The Kier molecular flexibility index (Phi) is 8.80. The molecular formula is C33H43F2N5O3S. The molecule has 0 spiro atoms. The summed E-state index contributed by atoms with van der Waals surface area (Å²) in [5, 5.41) is 4.09. The van der Waals surface area contributed by atoms with E-state index in [1.54, 1.807) is 16.7 Å². The van der Waals surface area contributed by atoms with Crippen LogP contribution in [0.5, 0.6) is 0 Å². The van der Waals surface area contributed by atoms with Crippen LogP contribution < -0.4 is 10.9 Å². The van der Waals surface area contributed by atoms with Gasteiger partial charge in [-0.15, -0.1) is 0 Å². The number of nitrogens with zero attached hydrogens (tertiary/aromatic N) is 4. The number of rotatable bonds is 1. The van der Waals surface area contributed by atoms with Gasteiger partial charge >= 0.3 is 0 Å². The number of sulfone groups is 1. The average molecular weight is 628 g/mol. The number of aromatic nitrogens is 3. The number of anilines is 1. The first-order valence-corrected chi connectivity index (χ1v) is 17.9. The van der Waals surface area contributed by atoms with Crippen LogP contribution >= 0.6 is 0 Å². The molecule has 8 nitrogen and oxygen atoms in total. The van der Waals surface area contributed by atoms with Crippen LogP contribution in [0.25, 0.3) is 11.0 Å². The first-order valence-electron chi connectivity index (χ1n) is 16.1. The van der Waals surface area contributed by atoms with Crippen LogP contribution in [-0.4, -0.2) is 58.5 Å². The Labute approximate surface area is 258 Å². The number of aryl methyl sites for hydroxylation is 1. The zero-order chi connectivity index (χ0) is 31.1. The van der Waals surface area contributed by atoms with Gasteiger partial charge in [-0.1, -0.05) is 37.5 Å². The largest absolute Gasteiger partial charge is 0.363 e. The number of fused-ring (bicyclic) bond motifs is 8. The molecule has 44 heavy (non-hydrogen) atoms. The molecule has 2 saturated heterocycles. The van der Waals surface area contributed by atoms with Crippen molar-refractivity contribution in [3.05, 3.63) is 63.7 Å². The molecule has 11 heteroatoms. The predicted octanol–water partition coefficient (Wildman–Crippen LogP) is 6.02. The number of alkyl halides is 2. The molecule has 0 radical (unpaired) electrons. The minimum absolute atomic E-state index is 0.0156. The third-order valence-electron chi connectivity index (χ3n) is 9.97. The molecule has 1 aromatic carbocycles. The van der Waals surface area contributed by atoms with Crippen LogP contribution in [0.1, 0.15) is 93.9 Å². The monoisotopic (exact) mass is 627 g/mol. The van der Waals surface area contributed by atoms with Gasteiger partial charge in [-0.25, -0.2) is 27.2 Å². The Morgan fingerprint density at radius 3 is 2.50 bits per heavy atom. The molecule has 1 unspecified atom stereocenters. The highest BCUT2D eigenvalue weighted by Crippen LogP contribution is 2.39. The first kappa shape index (κ1) is 31.1. The van der Waals surface area contributed by atoms with Crippen molar-refractivity contribution in [2.75, 3.05) is 29.9 Å². The Hall–Kier alpha value is -2.92. The van der Waals surface area contributed by atoms with Gasteiger partial charge in [-0.2, -0.15) is 0 Å². The summed E-state index contributed by atoms with van der Waals surface area (Å²) in [6.45, 7) is 6.04. The van der Waals surface area contributed by atoms with Gasteiger partial charge in [0.05, 0.1) is 16.9 Å². The fourth-order valence-corrected chi connectivity index (χ4v) is 8.66. The van der Waals surface area contributed by atoms with Gasteiger partial charge in [0.25, 0.3) is 11.5 Å². The third kappa shape index (κ3) is 6.54. The lowest BCUT2D eigenvalue weighted by atomic mass is 9.87. The van der Waals surface area contributed by atoms with Crippen molar-refractivity contribution in [3.8, 4) is 0 Å². The fraction of sp³-hybridized carbons (Fsp3) is 0.606. The number of halogens is 2. The van der Waals surface area contributed by atoms with E-state index in [0.717, 1.165) is 37.7 Å². The standard InChI is InChI=1S/C33H43F2N5O3S/c1-22-8-5-3-4-6-13-40-31-29(17-28(32(40)41)25-11-14-44(42,43)15-12-25)30(36-21-37-31)38-23(2)26-9-7-10-27(16-26)33(34,35)18-24-19-39(22)20-24/h7,9-10,16-17,21-25H,3-6,8,11-15,18-20H2,1-2H3,(H,36,37,38)/t22?,23-/m1/s1. The van der Waals surface area contributed by atoms with Crippen LogP contribution in [0, 0.1) is 5.92 Å². The second-order valence-electron chi connectivity index (χ2n) is 13.2. The summed E-state index contributed by atoms with van der Waals surface area (Å²) < 4.78 is 57.1. The summed E-state index contributed by atoms with van der Waals surface area (Å²) in [5.41, 5.74) is 1.75. The van der Waals surface area contributed by atoms with E-state index in [2.05, 4.69) is 27.1 Å². The highest BCUT2D eigenvalue weighted by molar-refractivity contribution is 7.91. The molecule has 3 aromatic rings. The number of pyridine rings is 1. The van der Waals surface area contributed by atoms with Crippen LogP contribution in [0.15, 0.2) is 41.5 Å². The number of hydrogen-bond acceptors (Lipinski definition) is 7. The van der Waals surface area contributed by atoms with Gasteiger partial charge in [0, 0.05) is 49.3 Å². The van der Waals surface area contributed by atoms with Crippen molar-refractivity contribution >= 4 is 26.7 Å². The molecule has 0 amide bonds. The van der Waals surface area contributed by atoms with Crippen molar-refractivity contribution in [2.24, 2.45) is 5.92 Å². The molecule has 2 aromatic heterocycles. The SMILES string of the molecule is CC1CCCCCCn2c(=O)c(C3CCS(=O)(=O)CC3)cc3c(ncnc32)N[C@H](C)c2cccc(c2)C(F)(F)CC2CN1C2. The summed E-state index contributed by atoms with van der Waals surface area (Å²) in [6, 6.07) is 8.48. The lowest BCUT2D eigenvalue weighted by Crippen LogP contribution is -2.52. The summed E-state index contributed by atoms with van der Waals surface area (Å²) in [6.07, 6.45) is 6.98. The molecule has 4 aliphatic heterocycles. The van der Waals surface area contributed by atoms with Crippen LogP contribution in [0.3, 0.4) is 0 Å². The van der Waals surface area contributed by atoms with Gasteiger partial charge in [-0.05, 0) is 69.1 Å². The van der Waals surface area contributed by atoms with E-state index >= 15 is 8.78 Å². The van der Waals surface area contributed by atoms with E-state index in [0.29, 0.717) is 60.9 Å². The maximum Gasteiger partial charge on any atom is 0.273 e. The van der Waals surface area contributed by atoms with Gasteiger partial charge in [-0.3, -0.25) is 9.36 Å². The summed E-state index contributed by atoms with van der Waals surface area (Å²) in [7, 11) is -3.09. The van der Waals surface area contributed by atoms with E-state index < -0.39 is 15.8 Å². The summed E-state index contributed by atoms with van der Waals surface area (Å²) >= 11 is 0. The number of hydrogen-bond donors (Lipinski definition) is 1. The zero-order valence-electron chi connectivity index (χ0n) is 25.6. The van der Waals surface area contributed by atoms with Crippen molar-refractivity contribution in [2.45, 2.75) is 95.7 Å². The highest BCUT2D eigenvalue weighted by Gasteiger charge is 2.40. The second kappa shape index (κ2) is 12.5. The van der Waals surface area contributed by atoms with E-state index in [-0.39, 0.29) is 46.9 Å². The number of nitrogens with one attached hydrogen (secondary N) is 1. The van der Waals surface area contributed by atoms with Crippen molar-refractivity contribution in [1.82, 2.24) is 19.4 Å². The molecule has 238 valence electrons. The smallest absolute Gasteiger partial charge is 0.273 e. The third-order valence-corrected chi connectivity index (χ3v) is 11.7. The molecule has 8 bridgehead atoms. The minimum Gasteiger partial charge on any atom is -0.363 e. The van der Waals surface area contributed by atoms with E-state index in [9.17, 15) is 13.2 Å². The van der Waals surface area contributed by atoms with Crippen molar-refractivity contribution in [3.63, 3.8) is 0 Å². The topological polar surface area (TPSA) is 97.2 Å². The Morgan fingerprint density at radius 1 is 0.977 bits per heavy atom. The highest BCUT2D eigenvalue weighted by atomic mass is 32.2. The van der Waals surface area contributed by atoms with E-state index in [4.69, 9.17) is 0 Å². The van der Waals surface area contributed by atoms with Crippen LogP contribution in [0.4, 0.5) is 14.6 Å². The molecule has 7 rings (SSSR count). The molecule has 2 atom stereocenters. The Bertz CT molecular complexity index is 1660. The summed E-state index contributed by atoms with van der Waals surface area (Å²) in [4.78, 5) is 25.3. The zero-order valence-corrected chi connectivity index (χ0v) is 26.5. The summed E-state index contributed by atoms with van der Waals surface area (Å²) in [5.74, 6) is -2.44. The maximum atomic E-state index is 15.5. The Morgan fingerprint density at radius 2 is 1.73 bits per heavy atom. The Balaban J connectivity index is 1.38. The lowest BCUT2D eigenvalue weighted by molar-refractivity contribution is -0.0641. The molecule has 1 N–H and O–H groups in total. The van der Waals surface area contributed by atoms with Gasteiger partial charge < -0.3 is 10.2 Å². The van der Waals surface area contributed by atoms with Crippen molar-refractivity contribution in [1.29, 1.82) is 0 Å². The second-order valence-corrected chi connectivity index (χ2v) is 15.5. The van der Waals surface area contributed by atoms with E-state index in [1.165, 1.54) is 12.4 Å².